The number of H-pyrrole nitrogens is 1. The van der Waals surface area contributed by atoms with E-state index in [0.29, 0.717) is 12.8 Å². The molecule has 5 nitrogen and oxygen atoms in total. The fraction of sp³-hybridized carbons (Fsp3) is 0.360. The Morgan fingerprint density at radius 1 is 1.06 bits per heavy atom. The Morgan fingerprint density at radius 3 is 2.55 bits per heavy atom. The fourth-order valence-electron chi connectivity index (χ4n) is 5.12. The maximum atomic E-state index is 14.0. The zero-order chi connectivity index (χ0) is 21.4. The minimum Gasteiger partial charge on any atom is -0.356 e. The molecule has 1 saturated heterocycles. The summed E-state index contributed by atoms with van der Waals surface area (Å²) < 4.78 is 0.936. The van der Waals surface area contributed by atoms with Gasteiger partial charge in [0.25, 0.3) is 5.91 Å². The van der Waals surface area contributed by atoms with Gasteiger partial charge in [0.05, 0.1) is 5.69 Å². The lowest BCUT2D eigenvalue weighted by molar-refractivity contribution is -0.129. The molecule has 6 heteroatoms. The van der Waals surface area contributed by atoms with Gasteiger partial charge in [-0.3, -0.25) is 14.5 Å². The average molecular weight is 480 g/mol. The van der Waals surface area contributed by atoms with Crippen LogP contribution in [0.4, 0.5) is 5.69 Å². The normalized spacial score (nSPS) is 22.2. The number of nitrogens with one attached hydrogen (secondary N) is 2. The number of aromatic nitrogens is 1. The van der Waals surface area contributed by atoms with Crippen LogP contribution in [0.3, 0.4) is 0 Å². The molecule has 1 aliphatic heterocycles. The zero-order valence-electron chi connectivity index (χ0n) is 17.4. The quantitative estimate of drug-likeness (QED) is 0.525. The predicted molar refractivity (Wildman–Crippen MR) is 126 cm³/mol. The predicted octanol–water partition coefficient (Wildman–Crippen LogP) is 5.40. The summed E-state index contributed by atoms with van der Waals surface area (Å²) in [6.07, 6.45) is 6.29. The molecule has 2 N–H and O–H groups in total. The standard InChI is InChI=1S/C25H26BrN3O2/c26-18-10-12-20(13-11-18)29-23(30)14-15-25(29,24(31)27-19-7-2-1-3-8-19)22-16-17-6-4-5-9-21(17)28-22/h4-6,9-13,16,19,28H,1-3,7-8,14-15H2,(H,27,31). The summed E-state index contributed by atoms with van der Waals surface area (Å²) in [5.41, 5.74) is 1.40. The van der Waals surface area contributed by atoms with Crippen molar-refractivity contribution in [3.8, 4) is 0 Å². The average Bonchev–Trinajstić information content (AvgIpc) is 3.37. The van der Waals surface area contributed by atoms with Crippen LogP contribution in [-0.2, 0) is 15.1 Å². The topological polar surface area (TPSA) is 65.2 Å². The van der Waals surface area contributed by atoms with Gasteiger partial charge in [-0.15, -0.1) is 0 Å². The highest BCUT2D eigenvalue weighted by Crippen LogP contribution is 2.44. The molecule has 3 aromatic rings. The van der Waals surface area contributed by atoms with Crippen LogP contribution in [0, 0.1) is 0 Å². The van der Waals surface area contributed by atoms with Crippen molar-refractivity contribution in [1.82, 2.24) is 10.3 Å². The lowest BCUT2D eigenvalue weighted by atomic mass is 9.88. The molecule has 0 bridgehead atoms. The van der Waals surface area contributed by atoms with Gasteiger partial charge in [-0.25, -0.2) is 0 Å². The van der Waals surface area contributed by atoms with Crippen molar-refractivity contribution in [1.29, 1.82) is 0 Å². The number of rotatable bonds is 4. The van der Waals surface area contributed by atoms with E-state index in [1.54, 1.807) is 4.90 Å². The molecule has 2 aliphatic rings. The molecule has 1 aliphatic carbocycles. The lowest BCUT2D eigenvalue weighted by Gasteiger charge is -2.38. The molecule has 2 amide bonds. The third-order valence-corrected chi connectivity index (χ3v) is 7.24. The van der Waals surface area contributed by atoms with Crippen LogP contribution >= 0.6 is 15.9 Å². The van der Waals surface area contributed by atoms with E-state index in [9.17, 15) is 9.59 Å². The van der Waals surface area contributed by atoms with Gasteiger partial charge in [-0.1, -0.05) is 53.4 Å². The number of para-hydroxylation sites is 1. The number of hydrogen-bond acceptors (Lipinski definition) is 2. The Hall–Kier alpha value is -2.60. The number of carbonyl (C=O) groups excluding carboxylic acids is 2. The molecule has 2 fully saturated rings. The number of carbonyl (C=O) groups is 2. The second-order valence-electron chi connectivity index (χ2n) is 8.64. The Kier molecular flexibility index (Phi) is 5.34. The van der Waals surface area contributed by atoms with E-state index in [0.717, 1.165) is 52.4 Å². The Bertz CT molecular complexity index is 1080. The van der Waals surface area contributed by atoms with Crippen LogP contribution in [0.1, 0.15) is 50.6 Å². The minimum absolute atomic E-state index is 0.0280. The summed E-state index contributed by atoms with van der Waals surface area (Å²) in [6.45, 7) is 0. The monoisotopic (exact) mass is 479 g/mol. The molecule has 1 unspecified atom stereocenters. The van der Waals surface area contributed by atoms with Gasteiger partial charge in [0.15, 0.2) is 5.54 Å². The van der Waals surface area contributed by atoms with Crippen LogP contribution in [0.25, 0.3) is 10.9 Å². The molecular weight excluding hydrogens is 454 g/mol. The Balaban J connectivity index is 1.63. The molecule has 2 aromatic carbocycles. The molecular formula is C25H26BrN3O2. The van der Waals surface area contributed by atoms with E-state index in [1.165, 1.54) is 6.42 Å². The summed E-state index contributed by atoms with van der Waals surface area (Å²) >= 11 is 3.47. The van der Waals surface area contributed by atoms with Crippen molar-refractivity contribution >= 4 is 44.3 Å². The number of anilines is 1. The van der Waals surface area contributed by atoms with Crippen LogP contribution < -0.4 is 10.2 Å². The first-order valence-corrected chi connectivity index (χ1v) is 11.8. The SMILES string of the molecule is O=C1CCC(C(=O)NC2CCCCC2)(c2cc3ccccc3[nH]2)N1c1ccc(Br)cc1. The van der Waals surface area contributed by atoms with Gasteiger partial charge in [0, 0.05) is 28.1 Å². The third-order valence-electron chi connectivity index (χ3n) is 6.71. The summed E-state index contributed by atoms with van der Waals surface area (Å²) in [5.74, 6) is -0.112. The first-order valence-electron chi connectivity index (χ1n) is 11.1. The van der Waals surface area contributed by atoms with E-state index in [2.05, 4.69) is 26.2 Å². The second-order valence-corrected chi connectivity index (χ2v) is 9.56. The van der Waals surface area contributed by atoms with Crippen molar-refractivity contribution in [3.05, 3.63) is 64.8 Å². The lowest BCUT2D eigenvalue weighted by Crippen LogP contribution is -2.56. The summed E-state index contributed by atoms with van der Waals surface area (Å²) in [4.78, 5) is 32.3. The summed E-state index contributed by atoms with van der Waals surface area (Å²) in [5, 5.41) is 4.35. The molecule has 160 valence electrons. The maximum Gasteiger partial charge on any atom is 0.252 e. The number of fused-ring (bicyclic) bond motifs is 1. The largest absolute Gasteiger partial charge is 0.356 e. The van der Waals surface area contributed by atoms with Gasteiger partial charge in [0.2, 0.25) is 5.91 Å². The van der Waals surface area contributed by atoms with E-state index in [-0.39, 0.29) is 17.9 Å². The van der Waals surface area contributed by atoms with Crippen LogP contribution in [0.2, 0.25) is 0 Å². The van der Waals surface area contributed by atoms with Crippen LogP contribution in [0.15, 0.2) is 59.1 Å². The van der Waals surface area contributed by atoms with Gasteiger partial charge < -0.3 is 10.3 Å². The van der Waals surface area contributed by atoms with Crippen molar-refractivity contribution in [3.63, 3.8) is 0 Å². The van der Waals surface area contributed by atoms with E-state index in [1.807, 2.05) is 54.6 Å². The van der Waals surface area contributed by atoms with Crippen LogP contribution in [-0.4, -0.2) is 22.8 Å². The molecule has 0 spiro atoms. The molecule has 1 saturated carbocycles. The van der Waals surface area contributed by atoms with Gasteiger partial charge in [-0.05, 0) is 61.0 Å². The van der Waals surface area contributed by atoms with Crippen LogP contribution in [0.5, 0.6) is 0 Å². The Morgan fingerprint density at radius 2 is 1.81 bits per heavy atom. The number of nitrogens with zero attached hydrogens (tertiary/aromatic N) is 1. The second kappa shape index (κ2) is 8.15. The molecule has 1 aromatic heterocycles. The number of amides is 2. The van der Waals surface area contributed by atoms with Crippen molar-refractivity contribution in [2.24, 2.45) is 0 Å². The smallest absolute Gasteiger partial charge is 0.252 e. The van der Waals surface area contributed by atoms with Gasteiger partial charge in [-0.2, -0.15) is 0 Å². The minimum atomic E-state index is -1.08. The summed E-state index contributed by atoms with van der Waals surface area (Å²) in [6, 6.07) is 17.8. The highest BCUT2D eigenvalue weighted by atomic mass is 79.9. The number of benzene rings is 2. The maximum absolute atomic E-state index is 14.0. The highest BCUT2D eigenvalue weighted by molar-refractivity contribution is 9.10. The van der Waals surface area contributed by atoms with Crippen molar-refractivity contribution in [2.45, 2.75) is 56.5 Å². The third kappa shape index (κ3) is 3.57. The fourth-order valence-corrected chi connectivity index (χ4v) is 5.38. The first kappa shape index (κ1) is 20.3. The summed E-state index contributed by atoms with van der Waals surface area (Å²) in [7, 11) is 0. The number of halogens is 1. The van der Waals surface area contributed by atoms with E-state index in [4.69, 9.17) is 0 Å². The number of hydrogen-bond donors (Lipinski definition) is 2. The molecule has 5 rings (SSSR count). The Labute approximate surface area is 190 Å². The molecule has 31 heavy (non-hydrogen) atoms. The van der Waals surface area contributed by atoms with Crippen molar-refractivity contribution < 1.29 is 9.59 Å². The number of aromatic amines is 1. The van der Waals surface area contributed by atoms with Gasteiger partial charge in [0.1, 0.15) is 0 Å². The molecule has 1 atom stereocenters. The highest BCUT2D eigenvalue weighted by Gasteiger charge is 2.54. The molecule has 0 radical (unpaired) electrons. The zero-order valence-corrected chi connectivity index (χ0v) is 19.0. The van der Waals surface area contributed by atoms with Gasteiger partial charge >= 0.3 is 0 Å². The van der Waals surface area contributed by atoms with E-state index >= 15 is 0 Å². The first-order chi connectivity index (χ1) is 15.1. The van der Waals surface area contributed by atoms with Crippen molar-refractivity contribution in [2.75, 3.05) is 4.90 Å². The molecule has 2 heterocycles. The van der Waals surface area contributed by atoms with E-state index < -0.39 is 5.54 Å².